The van der Waals surface area contributed by atoms with E-state index in [-0.39, 0.29) is 24.0 Å². The maximum atomic E-state index is 12.5. The molecule has 7 nitrogen and oxygen atoms in total. The van der Waals surface area contributed by atoms with Crippen LogP contribution in [0.25, 0.3) is 11.5 Å². The summed E-state index contributed by atoms with van der Waals surface area (Å²) in [7, 11) is 1.69. The molecule has 1 aromatic carbocycles. The van der Waals surface area contributed by atoms with Gasteiger partial charge in [-0.05, 0) is 35.6 Å². The van der Waals surface area contributed by atoms with Gasteiger partial charge in [0.15, 0.2) is 0 Å². The molecule has 0 aliphatic heterocycles. The predicted octanol–water partition coefficient (Wildman–Crippen LogP) is 4.33. The number of carbonyl (C=O) groups excluding carboxylic acids is 1. The molecule has 0 spiro atoms. The molecule has 0 aliphatic rings. The molecule has 3 rings (SSSR count). The molecule has 0 saturated carbocycles. The normalized spacial score (nSPS) is 12.4. The lowest BCUT2D eigenvalue weighted by molar-refractivity contribution is 0.196. The fourth-order valence-electron chi connectivity index (χ4n) is 2.84. The van der Waals surface area contributed by atoms with E-state index < -0.39 is 0 Å². The van der Waals surface area contributed by atoms with E-state index in [9.17, 15) is 4.79 Å². The highest BCUT2D eigenvalue weighted by Crippen LogP contribution is 2.24. The van der Waals surface area contributed by atoms with Crippen LogP contribution in [0.3, 0.4) is 0 Å². The maximum absolute atomic E-state index is 12.5. The van der Waals surface area contributed by atoms with Gasteiger partial charge in [-0.25, -0.2) is 4.79 Å². The van der Waals surface area contributed by atoms with Gasteiger partial charge in [0.25, 0.3) is 0 Å². The summed E-state index contributed by atoms with van der Waals surface area (Å²) < 4.78 is 5.25. The monoisotopic (exact) mass is 393 g/mol. The molecule has 0 aliphatic carbocycles. The number of rotatable bonds is 5. The molecule has 2 aromatic heterocycles. The summed E-state index contributed by atoms with van der Waals surface area (Å²) >= 11 is 0. The van der Waals surface area contributed by atoms with Gasteiger partial charge in [-0.3, -0.25) is 4.98 Å². The highest BCUT2D eigenvalue weighted by atomic mass is 16.5. The van der Waals surface area contributed by atoms with Crippen molar-refractivity contribution in [1.29, 1.82) is 0 Å². The van der Waals surface area contributed by atoms with Gasteiger partial charge in [0.2, 0.25) is 11.7 Å². The standard InChI is InChI=1S/C22H27N5O2/c1-15(16-9-11-17(12-10-16)22(2,3)4)24-21(28)27(5)14-19-25-20(26-29-19)18-8-6-7-13-23-18/h6-13,15H,14H2,1-5H3,(H,24,28). The van der Waals surface area contributed by atoms with Gasteiger partial charge in [0.05, 0.1) is 6.04 Å². The zero-order valence-electron chi connectivity index (χ0n) is 17.5. The minimum Gasteiger partial charge on any atom is -0.337 e. The molecule has 1 N–H and O–H groups in total. The molecule has 0 bridgehead atoms. The van der Waals surface area contributed by atoms with Crippen LogP contribution in [0.2, 0.25) is 0 Å². The minimum absolute atomic E-state index is 0.101. The first kappa shape index (κ1) is 20.5. The second-order valence-corrected chi connectivity index (χ2v) is 8.13. The van der Waals surface area contributed by atoms with Crippen molar-refractivity contribution in [3.63, 3.8) is 0 Å². The lowest BCUT2D eigenvalue weighted by Gasteiger charge is -2.22. The molecule has 0 radical (unpaired) electrons. The lowest BCUT2D eigenvalue weighted by Crippen LogP contribution is -2.38. The zero-order chi connectivity index (χ0) is 21.0. The summed E-state index contributed by atoms with van der Waals surface area (Å²) in [6.07, 6.45) is 1.67. The van der Waals surface area contributed by atoms with Gasteiger partial charge in [-0.2, -0.15) is 4.98 Å². The Bertz CT molecular complexity index is 945. The van der Waals surface area contributed by atoms with Crippen LogP contribution < -0.4 is 5.32 Å². The van der Waals surface area contributed by atoms with Crippen molar-refractivity contribution in [2.45, 2.75) is 45.7 Å². The number of hydrogen-bond acceptors (Lipinski definition) is 5. The summed E-state index contributed by atoms with van der Waals surface area (Å²) in [5.41, 5.74) is 3.04. The van der Waals surface area contributed by atoms with Crippen molar-refractivity contribution >= 4 is 6.03 Å². The number of urea groups is 1. The Labute approximate surface area is 171 Å². The predicted molar refractivity (Wildman–Crippen MR) is 111 cm³/mol. The van der Waals surface area contributed by atoms with E-state index in [1.165, 1.54) is 10.5 Å². The molecule has 7 heteroatoms. The van der Waals surface area contributed by atoms with Crippen LogP contribution in [0.4, 0.5) is 4.79 Å². The number of benzene rings is 1. The topological polar surface area (TPSA) is 84.2 Å². The zero-order valence-corrected chi connectivity index (χ0v) is 17.5. The van der Waals surface area contributed by atoms with Gasteiger partial charge in [-0.1, -0.05) is 56.3 Å². The molecular formula is C22H27N5O2. The third-order valence-electron chi connectivity index (χ3n) is 4.70. The van der Waals surface area contributed by atoms with Gasteiger partial charge in [0, 0.05) is 13.2 Å². The molecule has 3 aromatic rings. The fraction of sp³-hybridized carbons (Fsp3) is 0.364. The van der Waals surface area contributed by atoms with Crippen LogP contribution in [0.5, 0.6) is 0 Å². The molecule has 152 valence electrons. The van der Waals surface area contributed by atoms with Crippen LogP contribution in [0.15, 0.2) is 53.2 Å². The Morgan fingerprint density at radius 2 is 1.90 bits per heavy atom. The highest BCUT2D eigenvalue weighted by Gasteiger charge is 2.18. The van der Waals surface area contributed by atoms with E-state index in [1.807, 2.05) is 19.1 Å². The molecule has 29 heavy (non-hydrogen) atoms. The SMILES string of the molecule is CC(NC(=O)N(C)Cc1nc(-c2ccccn2)no1)c1ccc(C(C)(C)C)cc1. The van der Waals surface area contributed by atoms with E-state index in [0.29, 0.717) is 17.4 Å². The first-order chi connectivity index (χ1) is 13.7. The third-order valence-corrected chi connectivity index (χ3v) is 4.70. The Balaban J connectivity index is 1.58. The van der Waals surface area contributed by atoms with Crippen molar-refractivity contribution < 1.29 is 9.32 Å². The Morgan fingerprint density at radius 3 is 2.52 bits per heavy atom. The van der Waals surface area contributed by atoms with Crippen LogP contribution in [-0.2, 0) is 12.0 Å². The molecule has 0 saturated heterocycles. The van der Waals surface area contributed by atoms with Gasteiger partial charge in [-0.15, -0.1) is 0 Å². The number of nitrogens with zero attached hydrogens (tertiary/aromatic N) is 4. The number of nitrogens with one attached hydrogen (secondary N) is 1. The summed E-state index contributed by atoms with van der Waals surface area (Å²) in [5.74, 6) is 0.757. The van der Waals surface area contributed by atoms with Crippen molar-refractivity contribution in [3.05, 3.63) is 65.7 Å². The van der Waals surface area contributed by atoms with E-state index in [0.717, 1.165) is 5.56 Å². The van der Waals surface area contributed by atoms with Crippen LogP contribution in [0.1, 0.15) is 50.8 Å². The average Bonchev–Trinajstić information content (AvgIpc) is 3.16. The number of pyridine rings is 1. The average molecular weight is 393 g/mol. The van der Waals surface area contributed by atoms with Crippen LogP contribution in [-0.4, -0.2) is 33.1 Å². The van der Waals surface area contributed by atoms with E-state index in [2.05, 4.69) is 65.5 Å². The van der Waals surface area contributed by atoms with Crippen molar-refractivity contribution in [1.82, 2.24) is 25.3 Å². The summed E-state index contributed by atoms with van der Waals surface area (Å²) in [6, 6.07) is 13.5. The molecular weight excluding hydrogens is 366 g/mol. The minimum atomic E-state index is -0.213. The number of amides is 2. The first-order valence-corrected chi connectivity index (χ1v) is 9.60. The Hall–Kier alpha value is -3.22. The molecule has 0 fully saturated rings. The molecule has 1 atom stereocenters. The summed E-state index contributed by atoms with van der Waals surface area (Å²) in [6.45, 7) is 8.71. The Morgan fingerprint density at radius 1 is 1.17 bits per heavy atom. The van der Waals surface area contributed by atoms with Gasteiger partial charge in [0.1, 0.15) is 12.2 Å². The van der Waals surface area contributed by atoms with Gasteiger partial charge >= 0.3 is 6.03 Å². The van der Waals surface area contributed by atoms with Crippen LogP contribution >= 0.6 is 0 Å². The van der Waals surface area contributed by atoms with Crippen molar-refractivity contribution in [2.24, 2.45) is 0 Å². The van der Waals surface area contributed by atoms with E-state index in [1.54, 1.807) is 19.3 Å². The van der Waals surface area contributed by atoms with Crippen molar-refractivity contribution in [3.8, 4) is 11.5 Å². The van der Waals surface area contributed by atoms with Crippen LogP contribution in [0, 0.1) is 0 Å². The quantitative estimate of drug-likeness (QED) is 0.697. The summed E-state index contributed by atoms with van der Waals surface area (Å²) in [4.78, 5) is 22.6. The largest absolute Gasteiger partial charge is 0.337 e. The second kappa shape index (κ2) is 8.43. The summed E-state index contributed by atoms with van der Waals surface area (Å²) in [5, 5.41) is 6.93. The number of carbonyl (C=O) groups is 1. The molecule has 1 unspecified atom stereocenters. The van der Waals surface area contributed by atoms with E-state index in [4.69, 9.17) is 4.52 Å². The number of hydrogen-bond donors (Lipinski definition) is 1. The van der Waals surface area contributed by atoms with Gasteiger partial charge < -0.3 is 14.7 Å². The first-order valence-electron chi connectivity index (χ1n) is 9.60. The highest BCUT2D eigenvalue weighted by molar-refractivity contribution is 5.74. The molecule has 2 amide bonds. The fourth-order valence-corrected chi connectivity index (χ4v) is 2.84. The molecule has 2 heterocycles. The lowest BCUT2D eigenvalue weighted by atomic mass is 9.86. The smallest absolute Gasteiger partial charge is 0.318 e. The third kappa shape index (κ3) is 5.19. The van der Waals surface area contributed by atoms with E-state index >= 15 is 0 Å². The maximum Gasteiger partial charge on any atom is 0.318 e. The van der Waals surface area contributed by atoms with Crippen molar-refractivity contribution in [2.75, 3.05) is 7.05 Å². The second-order valence-electron chi connectivity index (χ2n) is 8.13. The Kier molecular flexibility index (Phi) is 5.96. The number of aromatic nitrogens is 3.